The molecule has 0 aliphatic heterocycles. The van der Waals surface area contributed by atoms with Crippen molar-refractivity contribution < 1.29 is 19.1 Å². The van der Waals surface area contributed by atoms with E-state index in [1.165, 1.54) is 9.80 Å². The molecule has 0 atom stereocenters. The van der Waals surface area contributed by atoms with Crippen LogP contribution in [-0.2, 0) is 9.47 Å². The Balaban J connectivity index is 1.72. The first-order valence-corrected chi connectivity index (χ1v) is 11.6. The topological polar surface area (TPSA) is 93.7 Å². The predicted molar refractivity (Wildman–Crippen MR) is 139 cm³/mol. The number of pyridine rings is 2. The van der Waals surface area contributed by atoms with Crippen LogP contribution in [-0.4, -0.2) is 56.3 Å². The van der Waals surface area contributed by atoms with Gasteiger partial charge in [-0.25, -0.2) is 19.6 Å². The molecule has 0 bridgehead atoms. The van der Waals surface area contributed by atoms with Gasteiger partial charge in [0.05, 0.1) is 35.2 Å². The van der Waals surface area contributed by atoms with E-state index in [0.29, 0.717) is 22.7 Å². The molecule has 0 unspecified atom stereocenters. The molecule has 4 heterocycles. The molecular formula is C26H32N6O4. The highest BCUT2D eigenvalue weighted by Crippen LogP contribution is 2.27. The molecule has 10 nitrogen and oxygen atoms in total. The lowest BCUT2D eigenvalue weighted by molar-refractivity contribution is 0.0578. The SMILES string of the molecule is CN(C(=O)OC(C)(C)C)c1ccc2ncc(-c3cnc4ccc(N(C)C(=O)OC(C)(C)C)cn34)n2c1. The molecule has 0 aliphatic carbocycles. The summed E-state index contributed by atoms with van der Waals surface area (Å²) in [6.07, 6.45) is 6.26. The zero-order valence-electron chi connectivity index (χ0n) is 21.9. The van der Waals surface area contributed by atoms with Gasteiger partial charge in [-0.3, -0.25) is 18.6 Å². The monoisotopic (exact) mass is 492 g/mol. The van der Waals surface area contributed by atoms with E-state index in [0.717, 1.165) is 11.4 Å². The first-order valence-electron chi connectivity index (χ1n) is 11.6. The number of carbonyl (C=O) groups excluding carboxylic acids is 2. The summed E-state index contributed by atoms with van der Waals surface area (Å²) in [6, 6.07) is 7.31. The smallest absolute Gasteiger partial charge is 0.414 e. The minimum absolute atomic E-state index is 0.451. The standard InChI is InChI=1S/C26H32N6O4/c1-25(2,3)35-23(33)29(7)17-9-11-21-27-13-19(31(21)15-17)20-14-28-22-12-10-18(16-32(20)22)30(8)24(34)36-26(4,5)6/h9-16H,1-8H3. The summed E-state index contributed by atoms with van der Waals surface area (Å²) >= 11 is 0. The zero-order chi connectivity index (χ0) is 26.4. The van der Waals surface area contributed by atoms with E-state index >= 15 is 0 Å². The molecule has 4 aromatic heterocycles. The van der Waals surface area contributed by atoms with Crippen molar-refractivity contribution in [1.82, 2.24) is 18.8 Å². The molecule has 2 amide bonds. The molecule has 190 valence electrons. The van der Waals surface area contributed by atoms with E-state index in [-0.39, 0.29) is 0 Å². The van der Waals surface area contributed by atoms with Gasteiger partial charge >= 0.3 is 12.2 Å². The number of rotatable bonds is 3. The molecule has 0 aromatic carbocycles. The third-order valence-electron chi connectivity index (χ3n) is 5.35. The summed E-state index contributed by atoms with van der Waals surface area (Å²) in [7, 11) is 3.33. The lowest BCUT2D eigenvalue weighted by Crippen LogP contribution is -2.34. The van der Waals surface area contributed by atoms with Crippen molar-refractivity contribution in [1.29, 1.82) is 0 Å². The fourth-order valence-electron chi connectivity index (χ4n) is 3.59. The number of aromatic nitrogens is 4. The Morgan fingerprint density at radius 1 is 0.694 bits per heavy atom. The number of amides is 2. The molecule has 10 heteroatoms. The fraction of sp³-hybridized carbons (Fsp3) is 0.385. The third-order valence-corrected chi connectivity index (χ3v) is 5.35. The van der Waals surface area contributed by atoms with Crippen molar-refractivity contribution in [3.8, 4) is 11.4 Å². The highest BCUT2D eigenvalue weighted by molar-refractivity contribution is 5.88. The van der Waals surface area contributed by atoms with Crippen molar-refractivity contribution in [2.24, 2.45) is 0 Å². The number of ether oxygens (including phenoxy) is 2. The Labute approximate surface area is 210 Å². The first kappa shape index (κ1) is 25.0. The van der Waals surface area contributed by atoms with E-state index in [1.54, 1.807) is 26.5 Å². The predicted octanol–water partition coefficient (Wildman–Crippen LogP) is 5.39. The number of carbonyl (C=O) groups is 2. The van der Waals surface area contributed by atoms with Crippen LogP contribution in [0.3, 0.4) is 0 Å². The maximum absolute atomic E-state index is 12.6. The first-order chi connectivity index (χ1) is 16.7. The molecule has 0 aliphatic rings. The number of fused-ring (bicyclic) bond motifs is 2. The van der Waals surface area contributed by atoms with E-state index in [9.17, 15) is 9.59 Å². The van der Waals surface area contributed by atoms with Crippen molar-refractivity contribution >= 4 is 34.9 Å². The van der Waals surface area contributed by atoms with Gasteiger partial charge in [0.2, 0.25) is 0 Å². The average Bonchev–Trinajstić information content (AvgIpc) is 3.38. The Morgan fingerprint density at radius 2 is 1.06 bits per heavy atom. The molecule has 0 fully saturated rings. The van der Waals surface area contributed by atoms with Gasteiger partial charge in [0.25, 0.3) is 0 Å². The van der Waals surface area contributed by atoms with Gasteiger partial charge in [-0.2, -0.15) is 0 Å². The second-order valence-electron chi connectivity index (χ2n) is 10.6. The van der Waals surface area contributed by atoms with E-state index in [4.69, 9.17) is 9.47 Å². The fourth-order valence-corrected chi connectivity index (χ4v) is 3.59. The quantitative estimate of drug-likeness (QED) is 0.381. The molecule has 0 N–H and O–H groups in total. The van der Waals surface area contributed by atoms with Crippen LogP contribution >= 0.6 is 0 Å². The second kappa shape index (κ2) is 8.85. The molecule has 36 heavy (non-hydrogen) atoms. The number of hydrogen-bond acceptors (Lipinski definition) is 6. The van der Waals surface area contributed by atoms with Gasteiger partial charge in [-0.15, -0.1) is 0 Å². The highest BCUT2D eigenvalue weighted by atomic mass is 16.6. The molecule has 4 aromatic rings. The zero-order valence-corrected chi connectivity index (χ0v) is 21.9. The van der Waals surface area contributed by atoms with Crippen LogP contribution in [0, 0.1) is 0 Å². The summed E-state index contributed by atoms with van der Waals surface area (Å²) < 4.78 is 14.8. The van der Waals surface area contributed by atoms with Crippen LogP contribution in [0.5, 0.6) is 0 Å². The Kier molecular flexibility index (Phi) is 6.15. The van der Waals surface area contributed by atoms with Crippen LogP contribution in [0.2, 0.25) is 0 Å². The summed E-state index contributed by atoms with van der Waals surface area (Å²) in [5.41, 5.74) is 3.06. The maximum atomic E-state index is 12.6. The summed E-state index contributed by atoms with van der Waals surface area (Å²) in [5, 5.41) is 0. The third kappa shape index (κ3) is 5.12. The number of nitrogens with zero attached hydrogens (tertiary/aromatic N) is 6. The van der Waals surface area contributed by atoms with Crippen molar-refractivity contribution in [2.45, 2.75) is 52.7 Å². The van der Waals surface area contributed by atoms with Crippen LogP contribution in [0.4, 0.5) is 21.0 Å². The Hall–Kier alpha value is -4.08. The molecule has 4 rings (SSSR count). The van der Waals surface area contributed by atoms with Crippen LogP contribution in [0.25, 0.3) is 22.7 Å². The number of hydrogen-bond donors (Lipinski definition) is 0. The van der Waals surface area contributed by atoms with Gasteiger partial charge in [0, 0.05) is 26.5 Å². The van der Waals surface area contributed by atoms with Crippen molar-refractivity contribution in [3.05, 3.63) is 49.1 Å². The maximum Gasteiger partial charge on any atom is 0.414 e. The Morgan fingerprint density at radius 3 is 1.39 bits per heavy atom. The summed E-state index contributed by atoms with van der Waals surface area (Å²) in [5.74, 6) is 0. The Bertz CT molecular complexity index is 1330. The van der Waals surface area contributed by atoms with Crippen LogP contribution in [0.1, 0.15) is 41.5 Å². The summed E-state index contributed by atoms with van der Waals surface area (Å²) in [6.45, 7) is 11.0. The number of imidazole rings is 2. The molecule has 0 saturated carbocycles. The van der Waals surface area contributed by atoms with Crippen LogP contribution in [0.15, 0.2) is 49.1 Å². The average molecular weight is 493 g/mol. The lowest BCUT2D eigenvalue weighted by atomic mass is 10.2. The summed E-state index contributed by atoms with van der Waals surface area (Å²) in [4.78, 5) is 37.1. The minimum Gasteiger partial charge on any atom is -0.443 e. The van der Waals surface area contributed by atoms with E-state index < -0.39 is 23.4 Å². The van der Waals surface area contributed by atoms with Gasteiger partial charge in [-0.05, 0) is 65.8 Å². The van der Waals surface area contributed by atoms with Crippen LogP contribution < -0.4 is 9.80 Å². The van der Waals surface area contributed by atoms with Crippen molar-refractivity contribution in [2.75, 3.05) is 23.9 Å². The van der Waals surface area contributed by atoms with Crippen molar-refractivity contribution in [3.63, 3.8) is 0 Å². The largest absolute Gasteiger partial charge is 0.443 e. The molecule has 0 spiro atoms. The van der Waals surface area contributed by atoms with Gasteiger partial charge in [-0.1, -0.05) is 0 Å². The minimum atomic E-state index is -0.601. The molecular weight excluding hydrogens is 460 g/mol. The van der Waals surface area contributed by atoms with E-state index in [1.807, 2.05) is 87.0 Å². The van der Waals surface area contributed by atoms with E-state index in [2.05, 4.69) is 9.97 Å². The number of anilines is 2. The second-order valence-corrected chi connectivity index (χ2v) is 10.6. The molecule has 0 saturated heterocycles. The van der Waals surface area contributed by atoms with Gasteiger partial charge < -0.3 is 9.47 Å². The van der Waals surface area contributed by atoms with Gasteiger partial charge in [0.1, 0.15) is 22.5 Å². The van der Waals surface area contributed by atoms with Gasteiger partial charge in [0.15, 0.2) is 0 Å². The highest BCUT2D eigenvalue weighted by Gasteiger charge is 2.23. The normalized spacial score (nSPS) is 12.1. The lowest BCUT2D eigenvalue weighted by Gasteiger charge is -2.25. The molecule has 0 radical (unpaired) electrons.